The summed E-state index contributed by atoms with van der Waals surface area (Å²) < 4.78 is 0. The Labute approximate surface area is 58.5 Å². The largest absolute Gasteiger partial charge is 0.234 e. The zero-order valence-corrected chi connectivity index (χ0v) is 6.04. The van der Waals surface area contributed by atoms with Gasteiger partial charge in [-0.05, 0) is 6.92 Å². The molecule has 0 N–H and O–H groups in total. The zero-order valence-electron chi connectivity index (χ0n) is 4.53. The van der Waals surface area contributed by atoms with E-state index in [4.69, 9.17) is 28.0 Å². The van der Waals surface area contributed by atoms with Crippen molar-refractivity contribution in [3.8, 4) is 0 Å². The number of hydrogen-bond acceptors (Lipinski definition) is 2. The van der Waals surface area contributed by atoms with Crippen molar-refractivity contribution < 1.29 is 4.79 Å². The lowest BCUT2D eigenvalue weighted by molar-refractivity contribution is 0.563. The van der Waals surface area contributed by atoms with Crippen LogP contribution in [0, 0.1) is 0 Å². The molecule has 0 fully saturated rings. The van der Waals surface area contributed by atoms with Gasteiger partial charge in [0, 0.05) is 6.54 Å². The molecule has 0 rings (SSSR count). The molecule has 0 amide bonds. The molecule has 48 valence electrons. The highest BCUT2D eigenvalue weighted by atomic mass is 35.5. The van der Waals surface area contributed by atoms with Crippen LogP contribution in [0.4, 0.5) is 0 Å². The third kappa shape index (κ3) is 38.2. The number of alkyl halides is 2. The second-order valence-corrected chi connectivity index (χ2v) is 1.47. The van der Waals surface area contributed by atoms with Gasteiger partial charge >= 0.3 is 0 Å². The number of halogens is 2. The van der Waals surface area contributed by atoms with E-state index in [1.54, 1.807) is 6.92 Å². The number of hydrogen-bond donors (Lipinski definition) is 0. The fourth-order valence-corrected chi connectivity index (χ4v) is 0.0645. The summed E-state index contributed by atoms with van der Waals surface area (Å²) in [6, 6.07) is 0. The van der Waals surface area contributed by atoms with E-state index in [1.807, 2.05) is 0 Å². The van der Waals surface area contributed by atoms with Gasteiger partial charge in [-0.15, -0.1) is 23.2 Å². The molecule has 4 heteroatoms. The van der Waals surface area contributed by atoms with E-state index >= 15 is 0 Å². The molecule has 0 aromatic heterocycles. The van der Waals surface area contributed by atoms with Gasteiger partial charge in [-0.1, -0.05) is 0 Å². The number of rotatable bonds is 1. The number of isocyanates is 1. The van der Waals surface area contributed by atoms with Gasteiger partial charge in [-0.3, -0.25) is 0 Å². The zero-order chi connectivity index (χ0) is 6.83. The van der Waals surface area contributed by atoms with Crippen molar-refractivity contribution in [1.29, 1.82) is 0 Å². The molecule has 0 radical (unpaired) electrons. The standard InChI is InChI=1S/C3H5NO.CH2Cl2/c1-2-4-3-5;2-1-3/h2H2,1H3;1H2. The molecule has 0 unspecified atom stereocenters. The molecule has 0 atom stereocenters. The Balaban J connectivity index is 0. The molecule has 0 aliphatic heterocycles. The van der Waals surface area contributed by atoms with Crippen LogP contribution < -0.4 is 0 Å². The Morgan fingerprint density at radius 3 is 2.00 bits per heavy atom. The van der Waals surface area contributed by atoms with Gasteiger partial charge in [0.1, 0.15) is 0 Å². The Kier molecular flexibility index (Phi) is 21.4. The molecule has 0 aromatic carbocycles. The van der Waals surface area contributed by atoms with Gasteiger partial charge in [-0.2, -0.15) is 0 Å². The maximum absolute atomic E-state index is 9.11. The first-order chi connectivity index (χ1) is 3.83. The van der Waals surface area contributed by atoms with Crippen LogP contribution in [0.25, 0.3) is 0 Å². The van der Waals surface area contributed by atoms with E-state index in [9.17, 15) is 0 Å². The van der Waals surface area contributed by atoms with E-state index in [1.165, 1.54) is 6.08 Å². The second kappa shape index (κ2) is 15.8. The lowest BCUT2D eigenvalue weighted by atomic mass is 10.8. The van der Waals surface area contributed by atoms with Gasteiger partial charge < -0.3 is 0 Å². The summed E-state index contributed by atoms with van der Waals surface area (Å²) in [4.78, 5) is 12.3. The van der Waals surface area contributed by atoms with Crippen LogP contribution in [-0.4, -0.2) is 18.0 Å². The SMILES string of the molecule is CCN=C=O.ClCCl. The molecule has 0 aromatic rings. The quantitative estimate of drug-likeness (QED) is 0.323. The summed E-state index contributed by atoms with van der Waals surface area (Å²) >= 11 is 9.53. The maximum Gasteiger partial charge on any atom is 0.234 e. The van der Waals surface area contributed by atoms with Crippen molar-refractivity contribution >= 4 is 29.3 Å². The van der Waals surface area contributed by atoms with Gasteiger partial charge in [0.05, 0.1) is 5.34 Å². The van der Waals surface area contributed by atoms with Crippen LogP contribution in [0.5, 0.6) is 0 Å². The molecule has 0 saturated heterocycles. The average molecular weight is 156 g/mol. The summed E-state index contributed by atoms with van der Waals surface area (Å²) in [5.41, 5.74) is 0. The topological polar surface area (TPSA) is 29.4 Å². The Bertz CT molecular complexity index is 70.4. The minimum Gasteiger partial charge on any atom is -0.211 e. The monoisotopic (exact) mass is 155 g/mol. The average Bonchev–Trinajstić information content (AvgIpc) is 1.71. The van der Waals surface area contributed by atoms with Crippen LogP contribution in [0.2, 0.25) is 0 Å². The third-order valence-corrected chi connectivity index (χ3v) is 0.223. The van der Waals surface area contributed by atoms with Crippen LogP contribution in [-0.2, 0) is 4.79 Å². The molecule has 0 saturated carbocycles. The summed E-state index contributed by atoms with van der Waals surface area (Å²) in [7, 11) is 0. The minimum atomic E-state index is 0.194. The fourth-order valence-electron chi connectivity index (χ4n) is 0.0645. The number of carbonyl (C=O) groups excluding carboxylic acids is 1. The molecular formula is C4H7Cl2NO. The lowest BCUT2D eigenvalue weighted by Gasteiger charge is -1.58. The normalized spacial score (nSPS) is 5.88. The molecule has 0 aliphatic carbocycles. The number of aliphatic imine (C=N–C) groups is 1. The van der Waals surface area contributed by atoms with Gasteiger partial charge in [0.25, 0.3) is 0 Å². The molecule has 2 nitrogen and oxygen atoms in total. The first kappa shape index (κ1) is 10.9. The molecule has 0 heterocycles. The minimum absolute atomic E-state index is 0.194. The molecule has 0 aliphatic rings. The van der Waals surface area contributed by atoms with Crippen LogP contribution >= 0.6 is 23.2 Å². The highest BCUT2D eigenvalue weighted by Gasteiger charge is 1.52. The Hall–Kier alpha value is -0.0400. The third-order valence-electron chi connectivity index (χ3n) is 0.223. The number of nitrogens with zero attached hydrogens (tertiary/aromatic N) is 1. The molecular weight excluding hydrogens is 149 g/mol. The first-order valence-electron chi connectivity index (χ1n) is 1.99. The smallest absolute Gasteiger partial charge is 0.211 e. The second-order valence-electron chi connectivity index (χ2n) is 0.667. The fraction of sp³-hybridized carbons (Fsp3) is 0.750. The first-order valence-corrected chi connectivity index (χ1v) is 3.05. The highest BCUT2D eigenvalue weighted by molar-refractivity contribution is 6.40. The van der Waals surface area contributed by atoms with Crippen molar-refractivity contribution in [3.63, 3.8) is 0 Å². The van der Waals surface area contributed by atoms with E-state index in [-0.39, 0.29) is 5.34 Å². The van der Waals surface area contributed by atoms with Gasteiger partial charge in [0.2, 0.25) is 6.08 Å². The molecule has 0 spiro atoms. The molecule has 0 bridgehead atoms. The lowest BCUT2D eigenvalue weighted by Crippen LogP contribution is -1.58. The summed E-state index contributed by atoms with van der Waals surface area (Å²) in [6.07, 6.45) is 1.39. The van der Waals surface area contributed by atoms with Crippen molar-refractivity contribution in [2.45, 2.75) is 6.92 Å². The highest BCUT2D eigenvalue weighted by Crippen LogP contribution is 1.73. The van der Waals surface area contributed by atoms with Crippen LogP contribution in [0.1, 0.15) is 6.92 Å². The van der Waals surface area contributed by atoms with Crippen LogP contribution in [0.15, 0.2) is 4.99 Å². The predicted molar refractivity (Wildman–Crippen MR) is 35.2 cm³/mol. The predicted octanol–water partition coefficient (Wildman–Crippen LogP) is 1.76. The maximum atomic E-state index is 9.11. The molecule has 8 heavy (non-hydrogen) atoms. The van der Waals surface area contributed by atoms with Crippen molar-refractivity contribution in [2.24, 2.45) is 4.99 Å². The van der Waals surface area contributed by atoms with Crippen molar-refractivity contribution in [1.82, 2.24) is 0 Å². The summed E-state index contributed by atoms with van der Waals surface area (Å²) in [5.74, 6) is 0. The van der Waals surface area contributed by atoms with E-state index in [0.29, 0.717) is 6.54 Å². The van der Waals surface area contributed by atoms with E-state index in [0.717, 1.165) is 0 Å². The van der Waals surface area contributed by atoms with Crippen molar-refractivity contribution in [3.05, 3.63) is 0 Å². The van der Waals surface area contributed by atoms with E-state index < -0.39 is 0 Å². The van der Waals surface area contributed by atoms with E-state index in [2.05, 4.69) is 4.99 Å². The van der Waals surface area contributed by atoms with Crippen LogP contribution in [0.3, 0.4) is 0 Å². The summed E-state index contributed by atoms with van der Waals surface area (Å²) in [6.45, 7) is 2.33. The summed E-state index contributed by atoms with van der Waals surface area (Å²) in [5, 5.41) is 0.194. The van der Waals surface area contributed by atoms with Crippen molar-refractivity contribution in [2.75, 3.05) is 11.9 Å². The Morgan fingerprint density at radius 1 is 1.62 bits per heavy atom. The van der Waals surface area contributed by atoms with Gasteiger partial charge in [0.15, 0.2) is 0 Å². The van der Waals surface area contributed by atoms with Gasteiger partial charge in [-0.25, -0.2) is 9.79 Å². The Morgan fingerprint density at radius 2 is 2.00 bits per heavy atom.